The molecule has 0 saturated heterocycles. The number of benzene rings is 1. The zero-order valence-corrected chi connectivity index (χ0v) is 9.57. The van der Waals surface area contributed by atoms with Crippen molar-refractivity contribution in [2.24, 2.45) is 0 Å². The van der Waals surface area contributed by atoms with E-state index in [1.807, 2.05) is 0 Å². The maximum absolute atomic E-state index is 12.0. The SMILES string of the molecule is C[C@H](C(O)=C[N+]#N)N1C(=O)c2ccccc2C1=O. The second kappa shape index (κ2) is 4.30. The van der Waals surface area contributed by atoms with E-state index in [1.54, 1.807) is 24.3 Å². The van der Waals surface area contributed by atoms with E-state index >= 15 is 0 Å². The Kier molecular flexibility index (Phi) is 2.81. The first-order valence-electron chi connectivity index (χ1n) is 5.28. The lowest BCUT2D eigenvalue weighted by molar-refractivity contribution is 0.0589. The third kappa shape index (κ3) is 1.62. The van der Waals surface area contributed by atoms with Crippen LogP contribution in [0.1, 0.15) is 27.6 Å². The van der Waals surface area contributed by atoms with Gasteiger partial charge in [0.05, 0.1) is 11.1 Å². The number of amides is 2. The number of fused-ring (bicyclic) bond motifs is 1. The zero-order valence-electron chi connectivity index (χ0n) is 9.57. The second-order valence-electron chi connectivity index (χ2n) is 3.87. The van der Waals surface area contributed by atoms with Crippen molar-refractivity contribution in [3.05, 3.63) is 52.3 Å². The van der Waals surface area contributed by atoms with Crippen LogP contribution in [0, 0.1) is 5.39 Å². The topological polar surface area (TPSA) is 85.8 Å². The van der Waals surface area contributed by atoms with Gasteiger partial charge in [-0.3, -0.25) is 14.5 Å². The Morgan fingerprint density at radius 1 is 1.33 bits per heavy atom. The fraction of sp³-hybridized carbons (Fsp3) is 0.167. The minimum absolute atomic E-state index is 0.308. The van der Waals surface area contributed by atoms with Gasteiger partial charge in [-0.1, -0.05) is 12.1 Å². The molecule has 1 aromatic rings. The third-order valence-corrected chi connectivity index (χ3v) is 2.83. The molecule has 1 atom stereocenters. The van der Waals surface area contributed by atoms with Gasteiger partial charge in [-0.25, -0.2) is 0 Å². The highest BCUT2D eigenvalue weighted by molar-refractivity contribution is 6.21. The first-order valence-corrected chi connectivity index (χ1v) is 5.28. The third-order valence-electron chi connectivity index (χ3n) is 2.83. The molecule has 6 heteroatoms. The largest absolute Gasteiger partial charge is 0.504 e. The van der Waals surface area contributed by atoms with E-state index < -0.39 is 17.9 Å². The molecule has 90 valence electrons. The monoisotopic (exact) mass is 244 g/mol. The molecular weight excluding hydrogens is 234 g/mol. The van der Waals surface area contributed by atoms with Crippen LogP contribution in [0.3, 0.4) is 0 Å². The summed E-state index contributed by atoms with van der Waals surface area (Å²) < 4.78 is 0. The molecule has 1 aliphatic heterocycles. The zero-order chi connectivity index (χ0) is 13.3. The van der Waals surface area contributed by atoms with Crippen molar-refractivity contribution in [1.29, 1.82) is 5.39 Å². The molecule has 2 rings (SSSR count). The Morgan fingerprint density at radius 3 is 2.28 bits per heavy atom. The summed E-state index contributed by atoms with van der Waals surface area (Å²) >= 11 is 0. The quantitative estimate of drug-likeness (QED) is 0.489. The molecule has 0 spiro atoms. The highest BCUT2D eigenvalue weighted by Gasteiger charge is 2.40. The summed E-state index contributed by atoms with van der Waals surface area (Å²) in [7, 11) is 0. The minimum atomic E-state index is -0.881. The summed E-state index contributed by atoms with van der Waals surface area (Å²) in [5, 5.41) is 17.9. The number of aliphatic hydroxyl groups is 1. The van der Waals surface area contributed by atoms with E-state index in [1.165, 1.54) is 6.92 Å². The predicted octanol–water partition coefficient (Wildman–Crippen LogP) is 1.92. The van der Waals surface area contributed by atoms with E-state index in [4.69, 9.17) is 5.39 Å². The maximum Gasteiger partial charge on any atom is 0.389 e. The van der Waals surface area contributed by atoms with Gasteiger partial charge in [-0.2, -0.15) is 0 Å². The Morgan fingerprint density at radius 2 is 1.83 bits per heavy atom. The van der Waals surface area contributed by atoms with Crippen LogP contribution in [0.15, 0.2) is 36.2 Å². The van der Waals surface area contributed by atoms with Crippen LogP contribution in [-0.4, -0.2) is 27.9 Å². The summed E-state index contributed by atoms with van der Waals surface area (Å²) in [5.41, 5.74) is 0.617. The molecule has 1 heterocycles. The predicted molar refractivity (Wildman–Crippen MR) is 62.2 cm³/mol. The van der Waals surface area contributed by atoms with Crippen LogP contribution in [0.5, 0.6) is 0 Å². The van der Waals surface area contributed by atoms with Crippen LogP contribution in [0.4, 0.5) is 0 Å². The molecule has 1 aromatic carbocycles. The average Bonchev–Trinajstić information content (AvgIpc) is 2.62. The van der Waals surface area contributed by atoms with Gasteiger partial charge in [0.15, 0.2) is 4.98 Å². The second-order valence-corrected chi connectivity index (χ2v) is 3.87. The summed E-state index contributed by atoms with van der Waals surface area (Å²) in [6.07, 6.45) is 0.786. The van der Waals surface area contributed by atoms with E-state index in [9.17, 15) is 14.7 Å². The normalized spacial score (nSPS) is 16.4. The molecule has 1 aliphatic rings. The summed E-state index contributed by atoms with van der Waals surface area (Å²) in [4.78, 5) is 27.7. The number of diazo groups is 1. The van der Waals surface area contributed by atoms with E-state index in [0.29, 0.717) is 11.1 Å². The Balaban J connectivity index is 2.41. The molecule has 1 N–H and O–H groups in total. The molecule has 0 fully saturated rings. The van der Waals surface area contributed by atoms with Crippen LogP contribution in [0.25, 0.3) is 4.98 Å². The van der Waals surface area contributed by atoms with Crippen molar-refractivity contribution in [1.82, 2.24) is 4.90 Å². The van der Waals surface area contributed by atoms with Crippen molar-refractivity contribution in [3.63, 3.8) is 0 Å². The highest BCUT2D eigenvalue weighted by atomic mass is 16.3. The van der Waals surface area contributed by atoms with Crippen molar-refractivity contribution in [2.45, 2.75) is 13.0 Å². The van der Waals surface area contributed by atoms with Gasteiger partial charge in [0.25, 0.3) is 11.8 Å². The molecule has 2 amide bonds. The molecule has 18 heavy (non-hydrogen) atoms. The standard InChI is InChI=1S/C12H9N3O3/c1-7(10(16)6-14-13)15-11(17)8-4-2-3-5-9(8)12(15)18/h2-7H,1H3/p+1/t7-/m1/s1. The molecule has 0 bridgehead atoms. The minimum Gasteiger partial charge on any atom is -0.504 e. The van der Waals surface area contributed by atoms with Crippen molar-refractivity contribution in [3.8, 4) is 0 Å². The van der Waals surface area contributed by atoms with Crippen LogP contribution in [-0.2, 0) is 0 Å². The lowest BCUT2D eigenvalue weighted by Gasteiger charge is -2.19. The van der Waals surface area contributed by atoms with E-state index in [0.717, 1.165) is 11.1 Å². The van der Waals surface area contributed by atoms with Gasteiger partial charge >= 0.3 is 6.20 Å². The number of carbonyl (C=O) groups excluding carboxylic acids is 2. The molecule has 0 radical (unpaired) electrons. The van der Waals surface area contributed by atoms with Crippen molar-refractivity contribution >= 4 is 11.8 Å². The lowest BCUT2D eigenvalue weighted by atomic mass is 10.1. The first-order chi connectivity index (χ1) is 8.57. The smallest absolute Gasteiger partial charge is 0.389 e. The summed E-state index contributed by atoms with van der Waals surface area (Å²) in [6.45, 7) is 1.47. The fourth-order valence-corrected chi connectivity index (χ4v) is 1.86. The number of imide groups is 1. The fourth-order valence-electron chi connectivity index (χ4n) is 1.86. The summed E-state index contributed by atoms with van der Waals surface area (Å²) in [6, 6.07) is 5.56. The van der Waals surface area contributed by atoms with Gasteiger partial charge in [-0.05, 0) is 19.1 Å². The van der Waals surface area contributed by atoms with Crippen LogP contribution < -0.4 is 0 Å². The Hall–Kier alpha value is -2.68. The molecule has 6 nitrogen and oxygen atoms in total. The Labute approximate surface area is 103 Å². The maximum atomic E-state index is 12.0. The molecule has 0 aromatic heterocycles. The number of hydrogen-bond acceptors (Lipinski definition) is 4. The number of hydrogen-bond donors (Lipinski definition) is 1. The van der Waals surface area contributed by atoms with Crippen LogP contribution >= 0.6 is 0 Å². The van der Waals surface area contributed by atoms with Gasteiger partial charge in [0.1, 0.15) is 6.04 Å². The van der Waals surface area contributed by atoms with Gasteiger partial charge in [-0.15, -0.1) is 0 Å². The molecule has 0 aliphatic carbocycles. The van der Waals surface area contributed by atoms with Crippen LogP contribution in [0.2, 0.25) is 0 Å². The number of nitrogens with zero attached hydrogens (tertiary/aromatic N) is 3. The Bertz CT molecular complexity index is 566. The lowest BCUT2D eigenvalue weighted by Crippen LogP contribution is -2.39. The van der Waals surface area contributed by atoms with Gasteiger partial charge < -0.3 is 5.11 Å². The first kappa shape index (κ1) is 11.8. The number of rotatable bonds is 2. The summed E-state index contributed by atoms with van der Waals surface area (Å²) in [5.74, 6) is -1.31. The molecule has 0 saturated carbocycles. The number of aliphatic hydroxyl groups excluding tert-OH is 1. The van der Waals surface area contributed by atoms with Crippen molar-refractivity contribution < 1.29 is 14.7 Å². The van der Waals surface area contributed by atoms with E-state index in [2.05, 4.69) is 4.98 Å². The number of carbonyl (C=O) groups is 2. The molecular formula is C12H10N3O3+. The van der Waals surface area contributed by atoms with Gasteiger partial charge in [0, 0.05) is 0 Å². The average molecular weight is 244 g/mol. The van der Waals surface area contributed by atoms with Gasteiger partial charge in [0.2, 0.25) is 11.2 Å². The highest BCUT2D eigenvalue weighted by Crippen LogP contribution is 2.26. The molecule has 0 unspecified atom stereocenters. The van der Waals surface area contributed by atoms with E-state index in [-0.39, 0.29) is 5.76 Å². The van der Waals surface area contributed by atoms with Crippen molar-refractivity contribution in [2.75, 3.05) is 0 Å².